The second-order valence-electron chi connectivity index (χ2n) is 7.13. The molecular weight excluding hydrogens is 330 g/mol. The number of aryl methyl sites for hydroxylation is 1. The van der Waals surface area contributed by atoms with Crippen molar-refractivity contribution in [2.24, 2.45) is 0 Å². The van der Waals surface area contributed by atoms with E-state index in [2.05, 4.69) is 23.3 Å². The molecule has 1 amide bonds. The Kier molecular flexibility index (Phi) is 5.68. The first-order chi connectivity index (χ1) is 12.5. The second kappa shape index (κ2) is 7.97. The number of aliphatic hydroxyl groups is 1. The summed E-state index contributed by atoms with van der Waals surface area (Å²) in [4.78, 5) is 17.1. The molecule has 0 aliphatic carbocycles. The highest BCUT2D eigenvalue weighted by Crippen LogP contribution is 2.28. The van der Waals surface area contributed by atoms with Crippen LogP contribution in [0.15, 0.2) is 30.5 Å². The number of nitrogens with zero attached hydrogens (tertiary/aromatic N) is 5. The number of rotatable bonds is 5. The van der Waals surface area contributed by atoms with E-state index in [1.54, 1.807) is 6.20 Å². The van der Waals surface area contributed by atoms with Gasteiger partial charge in [-0.25, -0.2) is 4.68 Å². The van der Waals surface area contributed by atoms with Crippen LogP contribution in [0, 0.1) is 6.92 Å². The molecule has 1 unspecified atom stereocenters. The summed E-state index contributed by atoms with van der Waals surface area (Å²) < 4.78 is 1.82. The largest absolute Gasteiger partial charge is 0.390 e. The van der Waals surface area contributed by atoms with E-state index in [1.807, 2.05) is 46.8 Å². The highest BCUT2D eigenvalue weighted by Gasteiger charge is 2.32. The van der Waals surface area contributed by atoms with Gasteiger partial charge in [-0.05, 0) is 45.0 Å². The molecule has 1 aromatic heterocycles. The zero-order valence-electron chi connectivity index (χ0n) is 15.7. The fraction of sp³-hybridized carbons (Fsp3) is 0.526. The van der Waals surface area contributed by atoms with Crippen LogP contribution in [0.3, 0.4) is 0 Å². The lowest BCUT2D eigenvalue weighted by molar-refractivity contribution is -0.137. The van der Waals surface area contributed by atoms with Crippen LogP contribution in [0.5, 0.6) is 0 Å². The van der Waals surface area contributed by atoms with Gasteiger partial charge in [-0.3, -0.25) is 9.69 Å². The van der Waals surface area contributed by atoms with E-state index in [0.717, 1.165) is 24.0 Å². The van der Waals surface area contributed by atoms with Crippen molar-refractivity contribution in [1.29, 1.82) is 0 Å². The summed E-state index contributed by atoms with van der Waals surface area (Å²) in [5.74, 6) is 0.150. The van der Waals surface area contributed by atoms with Crippen LogP contribution in [0.4, 0.5) is 0 Å². The topological polar surface area (TPSA) is 74.5 Å². The Morgan fingerprint density at radius 1 is 1.31 bits per heavy atom. The average Bonchev–Trinajstić information content (AvgIpc) is 3.12. The number of benzene rings is 1. The summed E-state index contributed by atoms with van der Waals surface area (Å²) in [6.07, 6.45) is 3.47. The number of likely N-dealkylation sites (tertiary alicyclic amines) is 1. The molecule has 2 heterocycles. The van der Waals surface area contributed by atoms with Gasteiger partial charge in [0.05, 0.1) is 18.8 Å². The number of hydrogen-bond donors (Lipinski definition) is 1. The molecule has 1 saturated heterocycles. The predicted molar refractivity (Wildman–Crippen MR) is 98.4 cm³/mol. The summed E-state index contributed by atoms with van der Waals surface area (Å²) in [5.41, 5.74) is 2.78. The standard InChI is InChI=1S/C19H27N5O2/c1-14-6-4-5-7-17(14)18(22(2)3)19(26)23-10-8-16(9-11-23)24-12-15(13-25)20-21-24/h4-7,12,16,18,25H,8-11,13H2,1-3H3. The number of hydrogen-bond acceptors (Lipinski definition) is 5. The molecule has 140 valence electrons. The van der Waals surface area contributed by atoms with Crippen LogP contribution in [-0.4, -0.2) is 63.0 Å². The van der Waals surface area contributed by atoms with Crippen molar-refractivity contribution < 1.29 is 9.90 Å². The van der Waals surface area contributed by atoms with Crippen molar-refractivity contribution in [1.82, 2.24) is 24.8 Å². The van der Waals surface area contributed by atoms with Crippen LogP contribution < -0.4 is 0 Å². The van der Waals surface area contributed by atoms with Crippen LogP contribution in [0.2, 0.25) is 0 Å². The number of piperidine rings is 1. The van der Waals surface area contributed by atoms with E-state index in [-0.39, 0.29) is 24.6 Å². The molecule has 0 bridgehead atoms. The Bertz CT molecular complexity index is 750. The minimum Gasteiger partial charge on any atom is -0.390 e. The third-order valence-electron chi connectivity index (χ3n) is 5.10. The maximum absolute atomic E-state index is 13.2. The predicted octanol–water partition coefficient (Wildman–Crippen LogP) is 1.55. The molecular formula is C19H27N5O2. The number of aromatic nitrogens is 3. The van der Waals surface area contributed by atoms with Gasteiger partial charge in [0, 0.05) is 13.1 Å². The smallest absolute Gasteiger partial charge is 0.244 e. The van der Waals surface area contributed by atoms with Crippen molar-refractivity contribution >= 4 is 5.91 Å². The first-order valence-electron chi connectivity index (χ1n) is 9.03. The zero-order valence-corrected chi connectivity index (χ0v) is 15.7. The molecule has 7 nitrogen and oxygen atoms in total. The first-order valence-corrected chi connectivity index (χ1v) is 9.03. The van der Waals surface area contributed by atoms with Gasteiger partial charge in [-0.2, -0.15) is 0 Å². The van der Waals surface area contributed by atoms with Crippen LogP contribution in [-0.2, 0) is 11.4 Å². The molecule has 3 rings (SSSR count). The summed E-state index contributed by atoms with van der Waals surface area (Å²) in [6, 6.07) is 8.04. The Balaban J connectivity index is 1.69. The van der Waals surface area contributed by atoms with E-state index >= 15 is 0 Å². The number of aliphatic hydroxyl groups excluding tert-OH is 1. The van der Waals surface area contributed by atoms with Crippen LogP contribution in [0.25, 0.3) is 0 Å². The molecule has 1 N–H and O–H groups in total. The lowest BCUT2D eigenvalue weighted by atomic mass is 9.97. The fourth-order valence-electron chi connectivity index (χ4n) is 3.61. The molecule has 0 spiro atoms. The van der Waals surface area contributed by atoms with E-state index in [9.17, 15) is 4.79 Å². The lowest BCUT2D eigenvalue weighted by Crippen LogP contribution is -2.45. The maximum atomic E-state index is 13.2. The summed E-state index contributed by atoms with van der Waals surface area (Å²) in [5, 5.41) is 17.2. The quantitative estimate of drug-likeness (QED) is 0.879. The number of carbonyl (C=O) groups excluding carboxylic acids is 1. The first kappa shape index (κ1) is 18.5. The third-order valence-corrected chi connectivity index (χ3v) is 5.10. The molecule has 1 aliphatic heterocycles. The minimum atomic E-state index is -0.264. The van der Waals surface area contributed by atoms with Gasteiger partial charge in [0.2, 0.25) is 5.91 Å². The Morgan fingerprint density at radius 3 is 2.58 bits per heavy atom. The molecule has 2 aromatic rings. The Labute approximate surface area is 154 Å². The van der Waals surface area contributed by atoms with Crippen molar-refractivity contribution in [3.8, 4) is 0 Å². The van der Waals surface area contributed by atoms with Gasteiger partial charge in [0.15, 0.2) is 0 Å². The van der Waals surface area contributed by atoms with E-state index in [0.29, 0.717) is 18.8 Å². The highest BCUT2D eigenvalue weighted by molar-refractivity contribution is 5.83. The summed E-state index contributed by atoms with van der Waals surface area (Å²) in [7, 11) is 3.90. The Hall–Kier alpha value is -2.25. The van der Waals surface area contributed by atoms with Gasteiger partial charge < -0.3 is 10.0 Å². The molecule has 7 heteroatoms. The fourth-order valence-corrected chi connectivity index (χ4v) is 3.61. The van der Waals surface area contributed by atoms with Crippen LogP contribution in [0.1, 0.15) is 41.7 Å². The molecule has 1 fully saturated rings. The third kappa shape index (κ3) is 3.78. The number of carbonyl (C=O) groups is 1. The van der Waals surface area contributed by atoms with Gasteiger partial charge >= 0.3 is 0 Å². The minimum absolute atomic E-state index is 0.0989. The van der Waals surface area contributed by atoms with E-state index in [4.69, 9.17) is 5.11 Å². The highest BCUT2D eigenvalue weighted by atomic mass is 16.3. The van der Waals surface area contributed by atoms with E-state index in [1.165, 1.54) is 0 Å². The second-order valence-corrected chi connectivity index (χ2v) is 7.13. The van der Waals surface area contributed by atoms with Crippen LogP contribution >= 0.6 is 0 Å². The Morgan fingerprint density at radius 2 is 2.00 bits per heavy atom. The zero-order chi connectivity index (χ0) is 18.7. The molecule has 1 aromatic carbocycles. The van der Waals surface area contributed by atoms with Crippen molar-refractivity contribution in [2.45, 2.75) is 38.5 Å². The van der Waals surface area contributed by atoms with Crippen molar-refractivity contribution in [3.63, 3.8) is 0 Å². The van der Waals surface area contributed by atoms with Gasteiger partial charge in [-0.15, -0.1) is 5.10 Å². The average molecular weight is 357 g/mol. The van der Waals surface area contributed by atoms with Crippen molar-refractivity contribution in [3.05, 3.63) is 47.3 Å². The molecule has 1 aliphatic rings. The monoisotopic (exact) mass is 357 g/mol. The molecule has 26 heavy (non-hydrogen) atoms. The van der Waals surface area contributed by atoms with E-state index < -0.39 is 0 Å². The number of likely N-dealkylation sites (N-methyl/N-ethyl adjacent to an activating group) is 1. The maximum Gasteiger partial charge on any atom is 0.244 e. The number of amides is 1. The van der Waals surface area contributed by atoms with Gasteiger partial charge in [-0.1, -0.05) is 29.5 Å². The van der Waals surface area contributed by atoms with Gasteiger partial charge in [0.1, 0.15) is 11.7 Å². The SMILES string of the molecule is Cc1ccccc1C(C(=O)N1CCC(n2cc(CO)nn2)CC1)N(C)C. The van der Waals surface area contributed by atoms with Gasteiger partial charge in [0.25, 0.3) is 0 Å². The lowest BCUT2D eigenvalue weighted by Gasteiger charge is -2.36. The summed E-state index contributed by atoms with van der Waals surface area (Å²) >= 11 is 0. The summed E-state index contributed by atoms with van der Waals surface area (Å²) in [6.45, 7) is 3.36. The molecule has 0 saturated carbocycles. The normalized spacial score (nSPS) is 16.9. The molecule has 1 atom stereocenters. The van der Waals surface area contributed by atoms with Crippen molar-refractivity contribution in [2.75, 3.05) is 27.2 Å². The molecule has 0 radical (unpaired) electrons.